The fraction of sp³-hybridized carbons (Fsp3) is 0.231. The summed E-state index contributed by atoms with van der Waals surface area (Å²) in [5.41, 5.74) is 2.62. The van der Waals surface area contributed by atoms with E-state index in [0.717, 1.165) is 40.5 Å². The van der Waals surface area contributed by atoms with Gasteiger partial charge in [0.05, 0.1) is 11.1 Å². The summed E-state index contributed by atoms with van der Waals surface area (Å²) in [6.45, 7) is 4.12. The van der Waals surface area contributed by atoms with Crippen LogP contribution in [-0.2, 0) is 0 Å². The second kappa shape index (κ2) is 8.65. The molecule has 5 rings (SSSR count). The van der Waals surface area contributed by atoms with E-state index in [0.29, 0.717) is 38.3 Å². The molecular formula is C26H23F2N3O2. The second-order valence-corrected chi connectivity index (χ2v) is 8.26. The number of rotatable bonds is 1. The molecular weight excluding hydrogens is 424 g/mol. The first-order chi connectivity index (χ1) is 16.0. The molecule has 1 amide bonds. The molecule has 0 saturated carbocycles. The van der Waals surface area contributed by atoms with Crippen molar-refractivity contribution in [2.75, 3.05) is 26.2 Å². The lowest BCUT2D eigenvalue weighted by molar-refractivity contribution is 0.0759. The van der Waals surface area contributed by atoms with Gasteiger partial charge < -0.3 is 14.5 Å². The Labute approximate surface area is 190 Å². The third kappa shape index (κ3) is 4.18. The number of hydrogen-bond donors (Lipinski definition) is 0. The monoisotopic (exact) mass is 447 g/mol. The SMILES string of the molecule is Cc1ccc2c(c1)C(N1CCCN(C(=O)c3ccc(F)cc3F)CC1)=Nc1ccccc1O2. The number of amides is 1. The minimum atomic E-state index is -0.840. The fourth-order valence-corrected chi connectivity index (χ4v) is 4.24. The standard InChI is InChI=1S/C26H23F2N3O2/c1-17-7-10-23-20(15-17)25(29-22-5-2-3-6-24(22)33-23)30-11-4-12-31(14-13-30)26(32)19-9-8-18(27)16-21(19)28/h2-3,5-10,15-16H,4,11-14H2,1H3. The highest BCUT2D eigenvalue weighted by Gasteiger charge is 2.27. The van der Waals surface area contributed by atoms with Gasteiger partial charge in [0.1, 0.15) is 28.9 Å². The summed E-state index contributed by atoms with van der Waals surface area (Å²) in [7, 11) is 0. The van der Waals surface area contributed by atoms with Gasteiger partial charge in [-0.25, -0.2) is 13.8 Å². The van der Waals surface area contributed by atoms with Gasteiger partial charge in [-0.15, -0.1) is 0 Å². The van der Waals surface area contributed by atoms with Crippen molar-refractivity contribution in [3.05, 3.63) is 89.0 Å². The second-order valence-electron chi connectivity index (χ2n) is 8.26. The molecule has 0 unspecified atom stereocenters. The van der Waals surface area contributed by atoms with E-state index in [1.807, 2.05) is 43.3 Å². The van der Waals surface area contributed by atoms with Crippen molar-refractivity contribution >= 4 is 17.4 Å². The van der Waals surface area contributed by atoms with Gasteiger partial charge in [0.15, 0.2) is 5.75 Å². The van der Waals surface area contributed by atoms with E-state index in [1.54, 1.807) is 4.90 Å². The number of nitrogens with zero attached hydrogens (tertiary/aromatic N) is 3. The van der Waals surface area contributed by atoms with E-state index < -0.39 is 17.5 Å². The van der Waals surface area contributed by atoms with Crippen LogP contribution in [0.5, 0.6) is 11.5 Å². The van der Waals surface area contributed by atoms with Crippen LogP contribution in [0.1, 0.15) is 27.9 Å². The van der Waals surface area contributed by atoms with Gasteiger partial charge >= 0.3 is 0 Å². The summed E-state index contributed by atoms with van der Waals surface area (Å²) in [5, 5.41) is 0. The fourth-order valence-electron chi connectivity index (χ4n) is 4.24. The van der Waals surface area contributed by atoms with E-state index in [1.165, 1.54) is 6.07 Å². The first-order valence-corrected chi connectivity index (χ1v) is 11.0. The maximum Gasteiger partial charge on any atom is 0.256 e. The van der Waals surface area contributed by atoms with Crippen molar-refractivity contribution < 1.29 is 18.3 Å². The third-order valence-electron chi connectivity index (χ3n) is 5.93. The Balaban J connectivity index is 1.44. The number of ether oxygens (including phenoxy) is 1. The van der Waals surface area contributed by atoms with Crippen LogP contribution in [0.2, 0.25) is 0 Å². The van der Waals surface area contributed by atoms with Crippen molar-refractivity contribution in [1.29, 1.82) is 0 Å². The smallest absolute Gasteiger partial charge is 0.256 e. The maximum absolute atomic E-state index is 14.2. The van der Waals surface area contributed by atoms with Gasteiger partial charge in [-0.1, -0.05) is 23.8 Å². The molecule has 0 atom stereocenters. The number of fused-ring (bicyclic) bond motifs is 2. The molecule has 0 aromatic heterocycles. The molecule has 0 aliphatic carbocycles. The number of hydrogen-bond acceptors (Lipinski definition) is 4. The summed E-state index contributed by atoms with van der Waals surface area (Å²) < 4.78 is 33.6. The van der Waals surface area contributed by atoms with Crippen LogP contribution in [0.25, 0.3) is 0 Å². The molecule has 5 nitrogen and oxygen atoms in total. The molecule has 0 radical (unpaired) electrons. The average Bonchev–Trinajstić information content (AvgIpc) is 3.13. The number of benzene rings is 3. The highest BCUT2D eigenvalue weighted by molar-refractivity contribution is 6.04. The molecule has 1 saturated heterocycles. The van der Waals surface area contributed by atoms with Crippen LogP contribution < -0.4 is 4.74 Å². The minimum absolute atomic E-state index is 0.111. The molecule has 0 bridgehead atoms. The molecule has 0 spiro atoms. The number of carbonyl (C=O) groups is 1. The number of para-hydroxylation sites is 2. The largest absolute Gasteiger partial charge is 0.454 e. The highest BCUT2D eigenvalue weighted by atomic mass is 19.1. The van der Waals surface area contributed by atoms with E-state index in [4.69, 9.17) is 9.73 Å². The van der Waals surface area contributed by atoms with Crippen LogP contribution in [0.3, 0.4) is 0 Å². The first kappa shape index (κ1) is 21.1. The van der Waals surface area contributed by atoms with Crippen LogP contribution in [0.15, 0.2) is 65.7 Å². The van der Waals surface area contributed by atoms with E-state index in [-0.39, 0.29) is 5.56 Å². The Bertz CT molecular complexity index is 1260. The summed E-state index contributed by atoms with van der Waals surface area (Å²) >= 11 is 0. The normalized spacial score (nSPS) is 15.5. The van der Waals surface area contributed by atoms with Gasteiger partial charge in [0.2, 0.25) is 0 Å². The summed E-state index contributed by atoms with van der Waals surface area (Å²) in [6.07, 6.45) is 0.692. The Kier molecular flexibility index (Phi) is 5.54. The van der Waals surface area contributed by atoms with Gasteiger partial charge in [-0.3, -0.25) is 4.79 Å². The zero-order valence-electron chi connectivity index (χ0n) is 18.2. The van der Waals surface area contributed by atoms with E-state index in [2.05, 4.69) is 11.0 Å². The van der Waals surface area contributed by atoms with Crippen LogP contribution >= 0.6 is 0 Å². The zero-order chi connectivity index (χ0) is 22.9. The Hall–Kier alpha value is -3.74. The Morgan fingerprint density at radius 1 is 0.939 bits per heavy atom. The lowest BCUT2D eigenvalue weighted by Crippen LogP contribution is -2.38. The molecule has 1 fully saturated rings. The Morgan fingerprint density at radius 3 is 2.64 bits per heavy atom. The van der Waals surface area contributed by atoms with Crippen LogP contribution in [0.4, 0.5) is 14.5 Å². The molecule has 33 heavy (non-hydrogen) atoms. The lowest BCUT2D eigenvalue weighted by atomic mass is 10.1. The molecule has 168 valence electrons. The maximum atomic E-state index is 14.2. The predicted molar refractivity (Wildman–Crippen MR) is 122 cm³/mol. The van der Waals surface area contributed by atoms with Gasteiger partial charge in [0, 0.05) is 32.2 Å². The molecule has 3 aromatic rings. The summed E-state index contributed by atoms with van der Waals surface area (Å²) in [5.74, 6) is 0.246. The van der Waals surface area contributed by atoms with E-state index >= 15 is 0 Å². The molecule has 0 N–H and O–H groups in total. The average molecular weight is 447 g/mol. The molecule has 2 aliphatic heterocycles. The van der Waals surface area contributed by atoms with Gasteiger partial charge in [-0.2, -0.15) is 0 Å². The molecule has 2 aliphatic rings. The molecule has 2 heterocycles. The first-order valence-electron chi connectivity index (χ1n) is 11.0. The summed E-state index contributed by atoms with van der Waals surface area (Å²) in [4.78, 5) is 21.6. The van der Waals surface area contributed by atoms with Crippen LogP contribution in [-0.4, -0.2) is 47.7 Å². The van der Waals surface area contributed by atoms with Gasteiger partial charge in [0.25, 0.3) is 5.91 Å². The van der Waals surface area contributed by atoms with Crippen molar-refractivity contribution in [2.24, 2.45) is 4.99 Å². The molecule has 3 aromatic carbocycles. The van der Waals surface area contributed by atoms with Gasteiger partial charge in [-0.05, 0) is 49.7 Å². The van der Waals surface area contributed by atoms with Crippen molar-refractivity contribution in [3.8, 4) is 11.5 Å². The number of carbonyl (C=O) groups excluding carboxylic acids is 1. The minimum Gasteiger partial charge on any atom is -0.454 e. The highest BCUT2D eigenvalue weighted by Crippen LogP contribution is 2.38. The Morgan fingerprint density at radius 2 is 1.79 bits per heavy atom. The summed E-state index contributed by atoms with van der Waals surface area (Å²) in [6, 6.07) is 16.7. The number of aryl methyl sites for hydroxylation is 1. The van der Waals surface area contributed by atoms with Crippen LogP contribution in [0, 0.1) is 18.6 Å². The number of aliphatic imine (C=N–C) groups is 1. The number of halogens is 2. The lowest BCUT2D eigenvalue weighted by Gasteiger charge is -2.25. The zero-order valence-corrected chi connectivity index (χ0v) is 18.2. The van der Waals surface area contributed by atoms with Crippen molar-refractivity contribution in [3.63, 3.8) is 0 Å². The predicted octanol–water partition coefficient (Wildman–Crippen LogP) is 5.31. The van der Waals surface area contributed by atoms with Crippen molar-refractivity contribution in [2.45, 2.75) is 13.3 Å². The molecule has 7 heteroatoms. The van der Waals surface area contributed by atoms with E-state index in [9.17, 15) is 13.6 Å². The number of amidine groups is 1. The third-order valence-corrected chi connectivity index (χ3v) is 5.93. The quantitative estimate of drug-likeness (QED) is 0.508. The van der Waals surface area contributed by atoms with Crippen molar-refractivity contribution in [1.82, 2.24) is 9.80 Å². The topological polar surface area (TPSA) is 45.1 Å².